The van der Waals surface area contributed by atoms with E-state index < -0.39 is 0 Å². The molecule has 1 rings (SSSR count). The van der Waals surface area contributed by atoms with Gasteiger partial charge >= 0.3 is 29.6 Å². The molecule has 1 aromatic rings. The summed E-state index contributed by atoms with van der Waals surface area (Å²) in [5.41, 5.74) is 1.38. The quantitative estimate of drug-likeness (QED) is 0.284. The zero-order valence-electron chi connectivity index (χ0n) is 15.3. The molecular formula is C20H35NaO3. The van der Waals surface area contributed by atoms with Crippen molar-refractivity contribution >= 4 is 29.6 Å². The Morgan fingerprint density at radius 3 is 2.08 bits per heavy atom. The van der Waals surface area contributed by atoms with Gasteiger partial charge in [-0.3, -0.25) is 0 Å². The van der Waals surface area contributed by atoms with Gasteiger partial charge in [-0.1, -0.05) is 51.2 Å². The Morgan fingerprint density at radius 1 is 0.833 bits per heavy atom. The number of rotatable bonds is 13. The van der Waals surface area contributed by atoms with Gasteiger partial charge in [0.25, 0.3) is 0 Å². The van der Waals surface area contributed by atoms with Gasteiger partial charge in [0.05, 0.1) is 0 Å². The van der Waals surface area contributed by atoms with Crippen LogP contribution >= 0.6 is 0 Å². The molecule has 0 fully saturated rings. The molecule has 0 aliphatic rings. The zero-order chi connectivity index (χ0) is 16.9. The molecule has 0 amide bonds. The molecule has 2 atom stereocenters. The molecule has 0 radical (unpaired) electrons. The van der Waals surface area contributed by atoms with Crippen molar-refractivity contribution in [2.45, 2.75) is 85.2 Å². The maximum absolute atomic E-state index is 5.75. The minimum atomic E-state index is -0.319. The van der Waals surface area contributed by atoms with Crippen LogP contribution in [0.3, 0.4) is 0 Å². The number of hydrogen-bond acceptors (Lipinski definition) is 3. The van der Waals surface area contributed by atoms with Crippen molar-refractivity contribution in [2.24, 2.45) is 0 Å². The molecule has 0 N–H and O–H groups in total. The van der Waals surface area contributed by atoms with Gasteiger partial charge in [-0.2, -0.15) is 0 Å². The van der Waals surface area contributed by atoms with E-state index in [1.807, 2.05) is 32.9 Å². The van der Waals surface area contributed by atoms with Crippen molar-refractivity contribution in [3.63, 3.8) is 0 Å². The average Bonchev–Trinajstić information content (AvgIpc) is 2.52. The normalized spacial score (nSPS) is 13.2. The minimum absolute atomic E-state index is 0. The van der Waals surface area contributed by atoms with Gasteiger partial charge < -0.3 is 14.2 Å². The molecule has 0 spiro atoms. The predicted molar refractivity (Wildman–Crippen MR) is 103 cm³/mol. The van der Waals surface area contributed by atoms with E-state index in [9.17, 15) is 0 Å². The van der Waals surface area contributed by atoms with Gasteiger partial charge in [-0.25, -0.2) is 0 Å². The van der Waals surface area contributed by atoms with Gasteiger partial charge in [0.15, 0.2) is 12.6 Å². The summed E-state index contributed by atoms with van der Waals surface area (Å²) in [7, 11) is 0. The molecular weight excluding hydrogens is 311 g/mol. The molecule has 0 aliphatic heterocycles. The molecule has 0 saturated heterocycles. The first-order chi connectivity index (χ1) is 11.2. The van der Waals surface area contributed by atoms with Crippen LogP contribution in [0.15, 0.2) is 24.3 Å². The topological polar surface area (TPSA) is 27.7 Å². The molecule has 4 heteroatoms. The Hall–Kier alpha value is -0.0600. The summed E-state index contributed by atoms with van der Waals surface area (Å²) in [5, 5.41) is 0. The van der Waals surface area contributed by atoms with Crippen LogP contribution in [0.4, 0.5) is 0 Å². The third kappa shape index (κ3) is 11.5. The van der Waals surface area contributed by atoms with Gasteiger partial charge in [-0.05, 0) is 51.3 Å². The number of ether oxygens (including phenoxy) is 3. The van der Waals surface area contributed by atoms with Gasteiger partial charge in [-0.15, -0.1) is 0 Å². The summed E-state index contributed by atoms with van der Waals surface area (Å²) in [6, 6.07) is 8.36. The summed E-state index contributed by atoms with van der Waals surface area (Å²) in [4.78, 5) is 0. The summed E-state index contributed by atoms with van der Waals surface area (Å²) in [5.74, 6) is 0.841. The van der Waals surface area contributed by atoms with Crippen molar-refractivity contribution in [1.29, 1.82) is 0 Å². The first-order valence-electron chi connectivity index (χ1n) is 9.18. The number of hydrogen-bond donors (Lipinski definition) is 0. The Labute approximate surface area is 170 Å². The number of unbranched alkanes of at least 4 members (excludes halogenated alkanes) is 5. The molecule has 134 valence electrons. The molecule has 0 aromatic heterocycles. The Balaban J connectivity index is 0.00000529. The Bertz CT molecular complexity index is 394. The fraction of sp³-hybridized carbons (Fsp3) is 0.700. The summed E-state index contributed by atoms with van der Waals surface area (Å²) in [6.45, 7) is 8.62. The van der Waals surface area contributed by atoms with E-state index in [1.165, 1.54) is 44.1 Å². The molecule has 24 heavy (non-hydrogen) atoms. The second-order valence-electron chi connectivity index (χ2n) is 6.01. The molecule has 0 aliphatic carbocycles. The van der Waals surface area contributed by atoms with Crippen molar-refractivity contribution in [1.82, 2.24) is 0 Å². The molecule has 0 saturated carbocycles. The molecule has 2 unspecified atom stereocenters. The fourth-order valence-corrected chi connectivity index (χ4v) is 2.61. The summed E-state index contributed by atoms with van der Waals surface area (Å²) < 4.78 is 16.7. The van der Waals surface area contributed by atoms with Gasteiger partial charge in [0.2, 0.25) is 0 Å². The van der Waals surface area contributed by atoms with E-state index in [-0.39, 0.29) is 42.1 Å². The van der Waals surface area contributed by atoms with E-state index in [1.54, 1.807) is 0 Å². The number of benzene rings is 1. The van der Waals surface area contributed by atoms with Crippen LogP contribution in [0.25, 0.3) is 0 Å². The predicted octanol–water partition coefficient (Wildman–Crippen LogP) is 5.07. The maximum atomic E-state index is 5.75. The molecule has 3 nitrogen and oxygen atoms in total. The van der Waals surface area contributed by atoms with E-state index >= 15 is 0 Å². The van der Waals surface area contributed by atoms with Crippen LogP contribution in [0.2, 0.25) is 0 Å². The molecule has 0 heterocycles. The van der Waals surface area contributed by atoms with Crippen LogP contribution < -0.4 is 4.74 Å². The standard InChI is InChI=1S/C20H34O3.Na.H/c1-5-7-8-9-10-11-12-19-13-15-20(16-14-19)23-18(4)22-17(3)21-6-2;;/h13-18H,5-12H2,1-4H3;;. The monoisotopic (exact) mass is 346 g/mol. The fourth-order valence-electron chi connectivity index (χ4n) is 2.61. The van der Waals surface area contributed by atoms with Gasteiger partial charge in [0, 0.05) is 6.61 Å². The van der Waals surface area contributed by atoms with Crippen molar-refractivity contribution in [3.8, 4) is 5.75 Å². The van der Waals surface area contributed by atoms with Crippen molar-refractivity contribution in [3.05, 3.63) is 29.8 Å². The average molecular weight is 346 g/mol. The SMILES string of the molecule is CCCCCCCCc1ccc(OC(C)OC(C)OCC)cc1.[NaH]. The van der Waals surface area contributed by atoms with Crippen LogP contribution in [-0.2, 0) is 15.9 Å². The first-order valence-corrected chi connectivity index (χ1v) is 9.18. The second-order valence-corrected chi connectivity index (χ2v) is 6.01. The third-order valence-electron chi connectivity index (χ3n) is 3.83. The van der Waals surface area contributed by atoms with Crippen LogP contribution in [0, 0.1) is 0 Å². The van der Waals surface area contributed by atoms with E-state index in [2.05, 4.69) is 19.1 Å². The summed E-state index contributed by atoms with van der Waals surface area (Å²) in [6.07, 6.45) is 8.61. The zero-order valence-corrected chi connectivity index (χ0v) is 15.3. The van der Waals surface area contributed by atoms with E-state index in [4.69, 9.17) is 14.2 Å². The van der Waals surface area contributed by atoms with E-state index in [0.29, 0.717) is 6.61 Å². The molecule has 1 aromatic carbocycles. The number of aryl methyl sites for hydroxylation is 1. The van der Waals surface area contributed by atoms with Crippen LogP contribution in [-0.4, -0.2) is 48.7 Å². The van der Waals surface area contributed by atoms with Gasteiger partial charge in [0.1, 0.15) is 5.75 Å². The van der Waals surface area contributed by atoms with Crippen LogP contribution in [0.1, 0.15) is 71.8 Å². The third-order valence-corrected chi connectivity index (χ3v) is 3.83. The first kappa shape index (κ1) is 23.9. The van der Waals surface area contributed by atoms with Crippen molar-refractivity contribution in [2.75, 3.05) is 6.61 Å². The Morgan fingerprint density at radius 2 is 1.46 bits per heavy atom. The molecule has 0 bridgehead atoms. The van der Waals surface area contributed by atoms with E-state index in [0.717, 1.165) is 12.2 Å². The Kier molecular flexibility index (Phi) is 15.2. The van der Waals surface area contributed by atoms with Crippen molar-refractivity contribution < 1.29 is 14.2 Å². The second kappa shape index (κ2) is 15.2. The van der Waals surface area contributed by atoms with Crippen LogP contribution in [0.5, 0.6) is 5.75 Å². The summed E-state index contributed by atoms with van der Waals surface area (Å²) >= 11 is 0.